The number of aldehydes is 1. The summed E-state index contributed by atoms with van der Waals surface area (Å²) < 4.78 is 2.07. The molecule has 0 unspecified atom stereocenters. The van der Waals surface area contributed by atoms with Crippen molar-refractivity contribution >= 4 is 28.8 Å². The summed E-state index contributed by atoms with van der Waals surface area (Å²) in [4.78, 5) is 11.2. The van der Waals surface area contributed by atoms with Crippen molar-refractivity contribution < 1.29 is 4.79 Å². The van der Waals surface area contributed by atoms with Crippen LogP contribution in [0.2, 0.25) is 5.02 Å². The normalized spacial score (nSPS) is 10.9. The minimum atomic E-state index is 0.660. The van der Waals surface area contributed by atoms with Crippen molar-refractivity contribution in [2.24, 2.45) is 0 Å². The molecule has 0 aliphatic heterocycles. The van der Waals surface area contributed by atoms with Gasteiger partial charge in [-0.25, -0.2) is 0 Å². The number of fused-ring (bicyclic) bond motifs is 1. The number of nitrogens with zero attached hydrogens (tertiary/aromatic N) is 1. The van der Waals surface area contributed by atoms with Crippen molar-refractivity contribution in [3.8, 4) is 0 Å². The number of hydrogen-bond acceptors (Lipinski definition) is 1. The van der Waals surface area contributed by atoms with Crippen LogP contribution < -0.4 is 0 Å². The number of para-hydroxylation sites is 1. The lowest BCUT2D eigenvalue weighted by Crippen LogP contribution is -1.98. The number of benzene rings is 2. The quantitative estimate of drug-likeness (QED) is 0.650. The Morgan fingerprint density at radius 2 is 2.00 bits per heavy atom. The summed E-state index contributed by atoms with van der Waals surface area (Å²) in [6.07, 6.45) is 2.78. The number of carbonyl (C=O) groups is 1. The summed E-state index contributed by atoms with van der Waals surface area (Å²) in [6, 6.07) is 13.9. The van der Waals surface area contributed by atoms with Gasteiger partial charge in [0.05, 0.1) is 0 Å². The first-order valence-electron chi connectivity index (χ1n) is 6.47. The van der Waals surface area contributed by atoms with E-state index in [1.54, 1.807) is 0 Å². The standard InChI is InChI=1S/C17H14ClNO/c1-12-6-7-13(16(18)8-12)9-19-10-14(11-20)15-4-2-3-5-17(15)19/h2-8,10-11H,9H2,1H3. The first-order valence-corrected chi connectivity index (χ1v) is 6.85. The lowest BCUT2D eigenvalue weighted by atomic mass is 10.1. The molecule has 3 heteroatoms. The van der Waals surface area contributed by atoms with Crippen molar-refractivity contribution in [1.29, 1.82) is 0 Å². The molecule has 0 saturated carbocycles. The van der Waals surface area contributed by atoms with E-state index in [9.17, 15) is 4.79 Å². The summed E-state index contributed by atoms with van der Waals surface area (Å²) in [5.74, 6) is 0. The average Bonchev–Trinajstić information content (AvgIpc) is 2.80. The van der Waals surface area contributed by atoms with Gasteiger partial charge in [-0.2, -0.15) is 0 Å². The maximum absolute atomic E-state index is 11.2. The van der Waals surface area contributed by atoms with Crippen LogP contribution in [0.4, 0.5) is 0 Å². The molecule has 2 aromatic carbocycles. The zero-order valence-corrected chi connectivity index (χ0v) is 11.9. The van der Waals surface area contributed by atoms with Gasteiger partial charge < -0.3 is 4.57 Å². The molecule has 0 bridgehead atoms. The number of aryl methyl sites for hydroxylation is 1. The minimum absolute atomic E-state index is 0.660. The third-order valence-electron chi connectivity index (χ3n) is 3.50. The van der Waals surface area contributed by atoms with Crippen LogP contribution in [0.15, 0.2) is 48.7 Å². The van der Waals surface area contributed by atoms with Crippen LogP contribution >= 0.6 is 11.6 Å². The molecule has 0 aliphatic rings. The van der Waals surface area contributed by atoms with E-state index in [0.29, 0.717) is 12.1 Å². The average molecular weight is 284 g/mol. The predicted octanol–water partition coefficient (Wildman–Crippen LogP) is 4.46. The maximum atomic E-state index is 11.2. The number of halogens is 1. The molecule has 1 heterocycles. The van der Waals surface area contributed by atoms with E-state index >= 15 is 0 Å². The van der Waals surface area contributed by atoms with Gasteiger partial charge in [0, 0.05) is 34.2 Å². The number of rotatable bonds is 3. The van der Waals surface area contributed by atoms with E-state index < -0.39 is 0 Å². The molecule has 0 saturated heterocycles. The van der Waals surface area contributed by atoms with E-state index in [0.717, 1.165) is 33.3 Å². The molecule has 0 N–H and O–H groups in total. The molecule has 0 spiro atoms. The SMILES string of the molecule is Cc1ccc(Cn2cc(C=O)c3ccccc32)c(Cl)c1. The summed E-state index contributed by atoms with van der Waals surface area (Å²) >= 11 is 6.29. The Balaban J connectivity index is 2.09. The summed E-state index contributed by atoms with van der Waals surface area (Å²) in [7, 11) is 0. The first kappa shape index (κ1) is 12.9. The molecule has 0 amide bonds. The molecular weight excluding hydrogens is 270 g/mol. The lowest BCUT2D eigenvalue weighted by molar-refractivity contribution is 0.112. The van der Waals surface area contributed by atoms with Gasteiger partial charge in [0.1, 0.15) is 0 Å². The Bertz CT molecular complexity index is 789. The van der Waals surface area contributed by atoms with E-state index in [-0.39, 0.29) is 0 Å². The molecule has 100 valence electrons. The summed E-state index contributed by atoms with van der Waals surface area (Å²) in [6.45, 7) is 2.68. The Hall–Kier alpha value is -2.06. The highest BCUT2D eigenvalue weighted by Crippen LogP contribution is 2.24. The van der Waals surface area contributed by atoms with Crippen LogP contribution in [0.25, 0.3) is 10.9 Å². The highest BCUT2D eigenvalue weighted by Gasteiger charge is 2.09. The second kappa shape index (κ2) is 5.14. The molecule has 3 aromatic rings. The highest BCUT2D eigenvalue weighted by atomic mass is 35.5. The van der Waals surface area contributed by atoms with E-state index in [4.69, 9.17) is 11.6 Å². The van der Waals surface area contributed by atoms with Crippen molar-refractivity contribution in [3.05, 3.63) is 70.4 Å². The highest BCUT2D eigenvalue weighted by molar-refractivity contribution is 6.31. The Labute approximate surface area is 122 Å². The molecule has 0 atom stereocenters. The lowest BCUT2D eigenvalue weighted by Gasteiger charge is -2.08. The van der Waals surface area contributed by atoms with Gasteiger partial charge in [-0.3, -0.25) is 4.79 Å². The Morgan fingerprint density at radius 1 is 1.20 bits per heavy atom. The monoisotopic (exact) mass is 283 g/mol. The summed E-state index contributed by atoms with van der Waals surface area (Å²) in [5.41, 5.74) is 3.95. The molecule has 20 heavy (non-hydrogen) atoms. The minimum Gasteiger partial charge on any atom is -0.342 e. The van der Waals surface area contributed by atoms with Gasteiger partial charge in [-0.1, -0.05) is 41.9 Å². The third kappa shape index (κ3) is 2.23. The molecule has 0 fully saturated rings. The molecular formula is C17H14ClNO. The second-order valence-corrected chi connectivity index (χ2v) is 5.35. The molecule has 0 radical (unpaired) electrons. The van der Waals surface area contributed by atoms with Gasteiger partial charge in [0.2, 0.25) is 0 Å². The van der Waals surface area contributed by atoms with E-state index in [1.807, 2.05) is 55.6 Å². The van der Waals surface area contributed by atoms with Gasteiger partial charge in [0.15, 0.2) is 6.29 Å². The second-order valence-electron chi connectivity index (χ2n) is 4.94. The zero-order chi connectivity index (χ0) is 14.1. The fourth-order valence-corrected chi connectivity index (χ4v) is 2.76. The van der Waals surface area contributed by atoms with Gasteiger partial charge in [0.25, 0.3) is 0 Å². The smallest absolute Gasteiger partial charge is 0.152 e. The van der Waals surface area contributed by atoms with Gasteiger partial charge >= 0.3 is 0 Å². The fourth-order valence-electron chi connectivity index (χ4n) is 2.46. The van der Waals surface area contributed by atoms with Crippen LogP contribution in [0, 0.1) is 6.92 Å². The Morgan fingerprint density at radius 3 is 2.75 bits per heavy atom. The molecule has 2 nitrogen and oxygen atoms in total. The molecule has 3 rings (SSSR count). The van der Waals surface area contributed by atoms with E-state index in [2.05, 4.69) is 4.57 Å². The van der Waals surface area contributed by atoms with Crippen molar-refractivity contribution in [2.45, 2.75) is 13.5 Å². The van der Waals surface area contributed by atoms with Crippen molar-refractivity contribution in [2.75, 3.05) is 0 Å². The first-order chi connectivity index (χ1) is 9.69. The van der Waals surface area contributed by atoms with E-state index in [1.165, 1.54) is 0 Å². The topological polar surface area (TPSA) is 22.0 Å². The van der Waals surface area contributed by atoms with Crippen LogP contribution in [-0.4, -0.2) is 10.9 Å². The number of aromatic nitrogens is 1. The predicted molar refractivity (Wildman–Crippen MR) is 82.6 cm³/mol. The largest absolute Gasteiger partial charge is 0.342 e. The molecule has 0 aliphatic carbocycles. The van der Waals surface area contributed by atoms with Crippen LogP contribution in [0.3, 0.4) is 0 Å². The van der Waals surface area contributed by atoms with Gasteiger partial charge in [-0.15, -0.1) is 0 Å². The van der Waals surface area contributed by atoms with Crippen LogP contribution in [0.5, 0.6) is 0 Å². The van der Waals surface area contributed by atoms with Crippen LogP contribution in [0.1, 0.15) is 21.5 Å². The zero-order valence-electron chi connectivity index (χ0n) is 11.1. The number of carbonyl (C=O) groups excluding carboxylic acids is 1. The summed E-state index contributed by atoms with van der Waals surface area (Å²) in [5, 5.41) is 1.74. The molecule has 1 aromatic heterocycles. The Kier molecular flexibility index (Phi) is 3.33. The third-order valence-corrected chi connectivity index (χ3v) is 3.85. The van der Waals surface area contributed by atoms with Crippen molar-refractivity contribution in [1.82, 2.24) is 4.57 Å². The number of hydrogen-bond donors (Lipinski definition) is 0. The fraction of sp³-hybridized carbons (Fsp3) is 0.118. The van der Waals surface area contributed by atoms with Gasteiger partial charge in [-0.05, 0) is 30.2 Å². The maximum Gasteiger partial charge on any atom is 0.152 e. The van der Waals surface area contributed by atoms with Crippen LogP contribution in [-0.2, 0) is 6.54 Å². The van der Waals surface area contributed by atoms with Crippen molar-refractivity contribution in [3.63, 3.8) is 0 Å².